The van der Waals surface area contributed by atoms with Gasteiger partial charge >= 0.3 is 6.09 Å². The van der Waals surface area contributed by atoms with E-state index in [9.17, 15) is 9.90 Å². The summed E-state index contributed by atoms with van der Waals surface area (Å²) in [4.78, 5) is 14.7. The summed E-state index contributed by atoms with van der Waals surface area (Å²) < 4.78 is 5.95. The van der Waals surface area contributed by atoms with E-state index in [2.05, 4.69) is 6.58 Å². The highest BCUT2D eigenvalue weighted by atomic mass is 16.6. The Morgan fingerprint density at radius 2 is 1.71 bits per heavy atom. The highest BCUT2D eigenvalue weighted by Gasteiger charge is 2.37. The molecule has 2 aliphatic rings. The van der Waals surface area contributed by atoms with E-state index in [1.54, 1.807) is 4.90 Å². The van der Waals surface area contributed by atoms with Gasteiger partial charge in [-0.1, -0.05) is 31.4 Å². The number of aliphatic hydroxyl groups excluding tert-OH is 1. The largest absolute Gasteiger partial charge is 0.415 e. The molecule has 1 saturated carbocycles. The Hall–Kier alpha value is -1.29. The van der Waals surface area contributed by atoms with Gasteiger partial charge in [-0.15, -0.1) is 0 Å². The van der Waals surface area contributed by atoms with Crippen molar-refractivity contribution < 1.29 is 14.6 Å². The van der Waals surface area contributed by atoms with Crippen LogP contribution >= 0.6 is 0 Å². The van der Waals surface area contributed by atoms with Gasteiger partial charge < -0.3 is 14.7 Å². The lowest BCUT2D eigenvalue weighted by Crippen LogP contribution is -2.43. The second-order valence-electron chi connectivity index (χ2n) is 9.55. The monoisotopic (exact) mass is 391 g/mol. The molecule has 0 unspecified atom stereocenters. The molecule has 0 heterocycles. The van der Waals surface area contributed by atoms with Crippen LogP contribution in [0.25, 0.3) is 0 Å². The molecule has 4 heteroatoms. The maximum atomic E-state index is 12.9. The van der Waals surface area contributed by atoms with Gasteiger partial charge in [0.15, 0.2) is 0 Å². The number of carbonyl (C=O) groups excluding carboxylic acids is 1. The minimum absolute atomic E-state index is 0.0490. The van der Waals surface area contributed by atoms with Crippen molar-refractivity contribution in [1.82, 2.24) is 4.90 Å². The first-order chi connectivity index (χ1) is 13.1. The Balaban J connectivity index is 2.25. The minimum Gasteiger partial charge on any atom is -0.415 e. The number of allylic oxidation sites excluding steroid dienone is 2. The molecule has 0 bridgehead atoms. The molecular weight excluding hydrogens is 350 g/mol. The van der Waals surface area contributed by atoms with Crippen LogP contribution in [0.3, 0.4) is 0 Å². The summed E-state index contributed by atoms with van der Waals surface area (Å²) in [6, 6.07) is 0.162. The molecule has 2 aliphatic carbocycles. The Morgan fingerprint density at radius 3 is 2.21 bits per heavy atom. The van der Waals surface area contributed by atoms with Gasteiger partial charge in [0, 0.05) is 24.4 Å². The smallest absolute Gasteiger partial charge is 0.415 e. The summed E-state index contributed by atoms with van der Waals surface area (Å²) in [5.74, 6) is 1.40. The molecule has 0 aromatic heterocycles. The molecule has 160 valence electrons. The van der Waals surface area contributed by atoms with Gasteiger partial charge in [0.2, 0.25) is 0 Å². The van der Waals surface area contributed by atoms with Crippen LogP contribution in [-0.2, 0) is 4.74 Å². The number of nitrogens with zero attached hydrogens (tertiary/aromatic N) is 1. The molecule has 4 nitrogen and oxygen atoms in total. The van der Waals surface area contributed by atoms with Gasteiger partial charge in [-0.2, -0.15) is 0 Å². The second-order valence-corrected chi connectivity index (χ2v) is 9.55. The molecular formula is C24H41NO3. The summed E-state index contributed by atoms with van der Waals surface area (Å²) >= 11 is 0. The molecule has 0 aromatic carbocycles. The topological polar surface area (TPSA) is 49.8 Å². The first-order valence-electron chi connectivity index (χ1n) is 11.2. The van der Waals surface area contributed by atoms with Gasteiger partial charge in [0.05, 0.1) is 6.10 Å². The van der Waals surface area contributed by atoms with Crippen molar-refractivity contribution in [2.75, 3.05) is 0 Å². The lowest BCUT2D eigenvalue weighted by atomic mass is 9.70. The number of aliphatic hydroxyl groups is 1. The van der Waals surface area contributed by atoms with Crippen molar-refractivity contribution in [1.29, 1.82) is 0 Å². The van der Waals surface area contributed by atoms with Crippen molar-refractivity contribution >= 4 is 6.09 Å². The highest BCUT2D eigenvalue weighted by molar-refractivity contribution is 5.69. The molecule has 1 fully saturated rings. The zero-order chi connectivity index (χ0) is 21.0. The lowest BCUT2D eigenvalue weighted by Gasteiger charge is -2.39. The van der Waals surface area contributed by atoms with Crippen LogP contribution in [0, 0.1) is 17.8 Å². The van der Waals surface area contributed by atoms with E-state index in [0.717, 1.165) is 36.2 Å². The van der Waals surface area contributed by atoms with Crippen molar-refractivity contribution in [2.24, 2.45) is 17.8 Å². The summed E-state index contributed by atoms with van der Waals surface area (Å²) in [6.45, 7) is 16.3. The van der Waals surface area contributed by atoms with Crippen molar-refractivity contribution in [3.8, 4) is 0 Å². The SMILES string of the molecule is C=C(C)[C@H]1CC(OC(=O)N(C(C)C)C(C)C)=C(C)[C@@H]([C@H](O)C2CCCCC2)C1. The predicted molar refractivity (Wildman–Crippen MR) is 115 cm³/mol. The number of hydrogen-bond donors (Lipinski definition) is 1. The van der Waals surface area contributed by atoms with Crippen LogP contribution in [0.4, 0.5) is 4.79 Å². The molecule has 0 saturated heterocycles. The Labute approximate surface area is 172 Å². The van der Waals surface area contributed by atoms with Gasteiger partial charge in [0.25, 0.3) is 0 Å². The average Bonchev–Trinajstić information content (AvgIpc) is 2.62. The predicted octanol–water partition coefficient (Wildman–Crippen LogP) is 6.06. The Morgan fingerprint density at radius 1 is 1.14 bits per heavy atom. The van der Waals surface area contributed by atoms with Crippen molar-refractivity contribution in [3.05, 3.63) is 23.5 Å². The van der Waals surface area contributed by atoms with Crippen LogP contribution in [0.15, 0.2) is 23.5 Å². The third kappa shape index (κ3) is 5.40. The van der Waals surface area contributed by atoms with Crippen molar-refractivity contribution in [3.63, 3.8) is 0 Å². The average molecular weight is 392 g/mol. The van der Waals surface area contributed by atoms with E-state index < -0.39 is 0 Å². The minimum atomic E-state index is -0.359. The molecule has 0 aliphatic heterocycles. The fraction of sp³-hybridized carbons (Fsp3) is 0.792. The van der Waals surface area contributed by atoms with Gasteiger partial charge in [-0.3, -0.25) is 0 Å². The zero-order valence-corrected chi connectivity index (χ0v) is 18.8. The molecule has 2 rings (SSSR count). The number of ether oxygens (including phenoxy) is 1. The van der Waals surface area contributed by atoms with E-state index in [0.29, 0.717) is 12.3 Å². The van der Waals surface area contributed by atoms with Gasteiger partial charge in [-0.25, -0.2) is 4.79 Å². The van der Waals surface area contributed by atoms with Crippen LogP contribution < -0.4 is 0 Å². The number of hydrogen-bond acceptors (Lipinski definition) is 3. The number of rotatable bonds is 6. The highest BCUT2D eigenvalue weighted by Crippen LogP contribution is 2.42. The fourth-order valence-electron chi connectivity index (χ4n) is 5.03. The molecule has 28 heavy (non-hydrogen) atoms. The first kappa shape index (κ1) is 23.0. The zero-order valence-electron chi connectivity index (χ0n) is 18.8. The van der Waals surface area contributed by atoms with Crippen molar-refractivity contribution in [2.45, 2.75) is 105 Å². The molecule has 1 N–H and O–H groups in total. The quantitative estimate of drug-likeness (QED) is 0.560. The summed E-state index contributed by atoms with van der Waals surface area (Å²) in [5.41, 5.74) is 2.16. The molecule has 0 aromatic rings. The van der Waals surface area contributed by atoms with Crippen LogP contribution in [0.1, 0.15) is 86.5 Å². The molecule has 0 spiro atoms. The second kappa shape index (κ2) is 9.96. The van der Waals surface area contributed by atoms with E-state index in [1.165, 1.54) is 19.3 Å². The Kier molecular flexibility index (Phi) is 8.18. The summed E-state index contributed by atoms with van der Waals surface area (Å²) in [6.07, 6.45) is 6.86. The molecule has 3 atom stereocenters. The van der Waals surface area contributed by atoms with E-state index >= 15 is 0 Å². The van der Waals surface area contributed by atoms with E-state index in [-0.39, 0.29) is 36.1 Å². The fourth-order valence-corrected chi connectivity index (χ4v) is 5.03. The molecule has 0 radical (unpaired) electrons. The Bertz CT molecular complexity index is 579. The van der Waals surface area contributed by atoms with Gasteiger partial charge in [0.1, 0.15) is 5.76 Å². The summed E-state index contributed by atoms with van der Waals surface area (Å²) in [7, 11) is 0. The maximum Gasteiger partial charge on any atom is 0.415 e. The number of amides is 1. The standard InChI is InChI=1S/C24H41NO3/c1-15(2)20-13-21(23(26)19-11-9-8-10-12-19)18(7)22(14-20)28-24(27)25(16(3)4)17(5)6/h16-17,19-21,23,26H,1,8-14H2,2-7H3/t20-,21+,23-/m1/s1. The van der Waals surface area contributed by atoms with Gasteiger partial charge in [-0.05, 0) is 78.2 Å². The van der Waals surface area contributed by atoms with Crippen LogP contribution in [0.2, 0.25) is 0 Å². The summed E-state index contributed by atoms with van der Waals surface area (Å²) in [5, 5.41) is 11.2. The van der Waals surface area contributed by atoms with E-state index in [4.69, 9.17) is 4.74 Å². The molecule has 1 amide bonds. The number of carbonyl (C=O) groups is 1. The third-order valence-corrected chi connectivity index (χ3v) is 6.74. The normalized spacial score (nSPS) is 25.2. The van der Waals surface area contributed by atoms with Crippen LogP contribution in [-0.4, -0.2) is 34.3 Å². The lowest BCUT2D eigenvalue weighted by molar-refractivity contribution is 0.0295. The van der Waals surface area contributed by atoms with Crippen LogP contribution in [0.5, 0.6) is 0 Å². The first-order valence-corrected chi connectivity index (χ1v) is 11.2. The maximum absolute atomic E-state index is 12.9. The van der Waals surface area contributed by atoms with E-state index in [1.807, 2.05) is 41.5 Å². The third-order valence-electron chi connectivity index (χ3n) is 6.74.